The number of amides is 1. The number of H-pyrrole nitrogens is 1. The Morgan fingerprint density at radius 1 is 1.15 bits per heavy atom. The van der Waals surface area contributed by atoms with E-state index in [0.29, 0.717) is 5.52 Å². The fourth-order valence-electron chi connectivity index (χ4n) is 5.39. The highest BCUT2D eigenvalue weighted by molar-refractivity contribution is 7.90. The molecule has 3 fully saturated rings. The summed E-state index contributed by atoms with van der Waals surface area (Å²) >= 11 is 0. The Morgan fingerprint density at radius 3 is 2.39 bits per heavy atom. The molecule has 2 bridgehead atoms. The third kappa shape index (κ3) is 3.94. The highest BCUT2D eigenvalue weighted by Gasteiger charge is 2.50. The molecular formula is C22H24FN5O4S. The predicted molar refractivity (Wildman–Crippen MR) is 119 cm³/mol. The number of fused-ring (bicyclic) bond motifs is 4. The molecule has 6 rings (SSSR count). The van der Waals surface area contributed by atoms with E-state index in [4.69, 9.17) is 0 Å². The lowest BCUT2D eigenvalue weighted by Crippen LogP contribution is -2.57. The Kier molecular flexibility index (Phi) is 4.93. The SMILES string of the molecule is CS(=O)(=O)CC12CCC(NC(=O)c3cnc(-n4[nH]c(=O)c5c(F)cccc54)nc3)(CC1)CC2. The number of carbonyl (C=O) groups excluding carboxylic acids is 1. The monoisotopic (exact) mass is 473 g/mol. The lowest BCUT2D eigenvalue weighted by atomic mass is 9.58. The molecule has 0 aliphatic heterocycles. The van der Waals surface area contributed by atoms with Crippen molar-refractivity contribution in [3.8, 4) is 5.95 Å². The molecule has 2 aromatic heterocycles. The van der Waals surface area contributed by atoms with Crippen LogP contribution in [-0.2, 0) is 9.84 Å². The highest BCUT2D eigenvalue weighted by Crippen LogP contribution is 2.52. The minimum atomic E-state index is -3.05. The fourth-order valence-corrected chi connectivity index (χ4v) is 6.94. The molecule has 3 saturated carbocycles. The maximum atomic E-state index is 14.0. The van der Waals surface area contributed by atoms with Gasteiger partial charge in [-0.3, -0.25) is 14.7 Å². The second-order valence-electron chi connectivity index (χ2n) is 9.49. The molecular weight excluding hydrogens is 449 g/mol. The number of halogens is 1. The first-order valence-corrected chi connectivity index (χ1v) is 12.9. The van der Waals surface area contributed by atoms with Crippen molar-refractivity contribution >= 4 is 26.6 Å². The smallest absolute Gasteiger partial charge is 0.275 e. The first kappa shape index (κ1) is 21.7. The van der Waals surface area contributed by atoms with Gasteiger partial charge >= 0.3 is 0 Å². The normalized spacial score (nSPS) is 24.8. The summed E-state index contributed by atoms with van der Waals surface area (Å²) in [6, 6.07) is 4.27. The minimum absolute atomic E-state index is 0.0800. The van der Waals surface area contributed by atoms with Crippen molar-refractivity contribution in [3.63, 3.8) is 0 Å². The van der Waals surface area contributed by atoms with Crippen LogP contribution in [0.5, 0.6) is 0 Å². The Morgan fingerprint density at radius 2 is 1.79 bits per heavy atom. The van der Waals surface area contributed by atoms with Gasteiger partial charge in [0.1, 0.15) is 21.0 Å². The van der Waals surface area contributed by atoms with Gasteiger partial charge in [0.05, 0.1) is 16.8 Å². The Labute approximate surface area is 189 Å². The number of sulfone groups is 1. The molecule has 1 amide bonds. The molecule has 2 heterocycles. The number of aromatic nitrogens is 4. The summed E-state index contributed by atoms with van der Waals surface area (Å²) in [7, 11) is -3.05. The van der Waals surface area contributed by atoms with Crippen LogP contribution in [0, 0.1) is 11.2 Å². The predicted octanol–water partition coefficient (Wildman–Crippen LogP) is 2.12. The number of benzene rings is 1. The van der Waals surface area contributed by atoms with Gasteiger partial charge in [-0.2, -0.15) is 0 Å². The topological polar surface area (TPSA) is 127 Å². The Bertz CT molecular complexity index is 1390. The third-order valence-corrected chi connectivity index (χ3v) is 8.26. The van der Waals surface area contributed by atoms with E-state index in [1.165, 1.54) is 35.5 Å². The highest BCUT2D eigenvalue weighted by atomic mass is 32.2. The van der Waals surface area contributed by atoms with Crippen LogP contribution in [0.3, 0.4) is 0 Å². The van der Waals surface area contributed by atoms with Crippen LogP contribution in [0.2, 0.25) is 0 Å². The molecule has 2 N–H and O–H groups in total. The van der Waals surface area contributed by atoms with Gasteiger partial charge in [0.2, 0.25) is 5.95 Å². The summed E-state index contributed by atoms with van der Waals surface area (Å²) in [6.07, 6.45) is 8.60. The van der Waals surface area contributed by atoms with Gasteiger partial charge in [-0.05, 0) is 56.1 Å². The molecule has 1 aromatic carbocycles. The minimum Gasteiger partial charge on any atom is -0.347 e. The molecule has 174 valence electrons. The number of nitrogens with one attached hydrogen (secondary N) is 2. The first-order chi connectivity index (χ1) is 15.6. The van der Waals surface area contributed by atoms with E-state index in [1.54, 1.807) is 6.07 Å². The molecule has 3 aliphatic rings. The number of carbonyl (C=O) groups is 1. The molecule has 3 aromatic rings. The molecule has 0 spiro atoms. The van der Waals surface area contributed by atoms with Crippen molar-refractivity contribution in [2.45, 2.75) is 44.1 Å². The van der Waals surface area contributed by atoms with Gasteiger partial charge < -0.3 is 5.32 Å². The van der Waals surface area contributed by atoms with Crippen molar-refractivity contribution in [1.29, 1.82) is 0 Å². The van der Waals surface area contributed by atoms with Gasteiger partial charge in [-0.25, -0.2) is 27.5 Å². The average molecular weight is 474 g/mol. The Hall–Kier alpha value is -3.08. The molecule has 11 heteroatoms. The number of rotatable bonds is 5. The van der Waals surface area contributed by atoms with Crippen LogP contribution in [0.25, 0.3) is 16.9 Å². The average Bonchev–Trinajstić information content (AvgIpc) is 3.11. The lowest BCUT2D eigenvalue weighted by molar-refractivity contribution is 0.0357. The van der Waals surface area contributed by atoms with Crippen LogP contribution in [0.1, 0.15) is 48.9 Å². The number of hydrogen-bond donors (Lipinski definition) is 2. The van der Waals surface area contributed by atoms with Crippen molar-refractivity contribution in [2.75, 3.05) is 12.0 Å². The van der Waals surface area contributed by atoms with Gasteiger partial charge in [0.15, 0.2) is 0 Å². The molecule has 3 aliphatic carbocycles. The van der Waals surface area contributed by atoms with Gasteiger partial charge in [0, 0.05) is 24.2 Å². The van der Waals surface area contributed by atoms with Crippen molar-refractivity contribution < 1.29 is 17.6 Å². The zero-order chi connectivity index (χ0) is 23.4. The number of aromatic amines is 1. The van der Waals surface area contributed by atoms with Crippen LogP contribution in [0.4, 0.5) is 4.39 Å². The standard InChI is InChI=1S/C22H24FN5O4S/c1-33(31,32)13-21-5-8-22(9-6-21,10-7-21)26-18(29)14-11-24-20(25-12-14)28-16-4-2-3-15(23)17(16)19(30)27-28/h2-4,11-12H,5-10,13H2,1H3,(H,26,29)(H,27,30). The summed E-state index contributed by atoms with van der Waals surface area (Å²) in [4.78, 5) is 33.4. The first-order valence-electron chi connectivity index (χ1n) is 10.8. The number of hydrogen-bond acceptors (Lipinski definition) is 6. The molecule has 33 heavy (non-hydrogen) atoms. The number of nitrogens with zero attached hydrogens (tertiary/aromatic N) is 3. The Balaban J connectivity index is 1.32. The van der Waals surface area contributed by atoms with E-state index < -0.39 is 21.2 Å². The van der Waals surface area contributed by atoms with Crippen LogP contribution in [0.15, 0.2) is 35.4 Å². The van der Waals surface area contributed by atoms with E-state index in [-0.39, 0.29) is 39.5 Å². The maximum Gasteiger partial charge on any atom is 0.275 e. The summed E-state index contributed by atoms with van der Waals surface area (Å²) in [5.41, 5.74) is -0.515. The van der Waals surface area contributed by atoms with E-state index in [2.05, 4.69) is 20.4 Å². The summed E-state index contributed by atoms with van der Waals surface area (Å²) in [5, 5.41) is 5.57. The van der Waals surface area contributed by atoms with Crippen molar-refractivity contribution in [2.24, 2.45) is 5.41 Å². The van der Waals surface area contributed by atoms with Crippen molar-refractivity contribution in [3.05, 3.63) is 52.3 Å². The zero-order valence-electron chi connectivity index (χ0n) is 18.1. The van der Waals surface area contributed by atoms with Crippen LogP contribution >= 0.6 is 0 Å². The van der Waals surface area contributed by atoms with Crippen molar-refractivity contribution in [1.82, 2.24) is 25.1 Å². The molecule has 0 saturated heterocycles. The quantitative estimate of drug-likeness (QED) is 0.584. The van der Waals surface area contributed by atoms with E-state index >= 15 is 0 Å². The maximum absolute atomic E-state index is 14.0. The fraction of sp³-hybridized carbons (Fsp3) is 0.455. The second-order valence-corrected chi connectivity index (χ2v) is 11.6. The van der Waals surface area contributed by atoms with Crippen LogP contribution in [-0.4, -0.2) is 51.6 Å². The van der Waals surface area contributed by atoms with E-state index in [0.717, 1.165) is 38.5 Å². The molecule has 9 nitrogen and oxygen atoms in total. The summed E-state index contributed by atoms with van der Waals surface area (Å²) in [6.45, 7) is 0. The molecule has 0 radical (unpaired) electrons. The molecule has 0 unspecified atom stereocenters. The lowest BCUT2D eigenvalue weighted by Gasteiger charge is -2.53. The molecule has 0 atom stereocenters. The van der Waals surface area contributed by atoms with E-state index in [9.17, 15) is 22.4 Å². The third-order valence-electron chi connectivity index (χ3n) is 7.12. The second kappa shape index (κ2) is 7.47. The van der Waals surface area contributed by atoms with Gasteiger partial charge in [-0.1, -0.05) is 6.07 Å². The summed E-state index contributed by atoms with van der Waals surface area (Å²) < 4.78 is 38.9. The largest absolute Gasteiger partial charge is 0.347 e. The van der Waals surface area contributed by atoms with E-state index in [1.807, 2.05) is 0 Å². The zero-order valence-corrected chi connectivity index (χ0v) is 18.9. The van der Waals surface area contributed by atoms with Gasteiger partial charge in [-0.15, -0.1) is 0 Å². The summed E-state index contributed by atoms with van der Waals surface area (Å²) in [5.74, 6) is -0.609. The van der Waals surface area contributed by atoms with Crippen LogP contribution < -0.4 is 10.9 Å². The van der Waals surface area contributed by atoms with Gasteiger partial charge in [0.25, 0.3) is 11.5 Å².